The molecule has 6 heteroatoms. The predicted octanol–water partition coefficient (Wildman–Crippen LogP) is 2.06. The number of halogens is 1. The van der Waals surface area contributed by atoms with Crippen LogP contribution in [0.2, 0.25) is 0 Å². The van der Waals surface area contributed by atoms with E-state index in [1.165, 1.54) is 36.1 Å². The van der Waals surface area contributed by atoms with Crippen LogP contribution in [0, 0.1) is 5.82 Å². The fourth-order valence-corrected chi connectivity index (χ4v) is 2.79. The predicted molar refractivity (Wildman–Crippen MR) is 84.4 cm³/mol. The van der Waals surface area contributed by atoms with Gasteiger partial charge in [-0.1, -0.05) is 12.1 Å². The molecule has 5 nitrogen and oxygen atoms in total. The summed E-state index contributed by atoms with van der Waals surface area (Å²) in [4.78, 5) is 27.7. The van der Waals surface area contributed by atoms with Crippen LogP contribution in [0.1, 0.15) is 24.9 Å². The molecule has 0 bridgehead atoms. The number of Topliss-reactive ketones (excluding diaryl/α,β-unsaturated/α-hetero) is 1. The fraction of sp³-hybridized carbons (Fsp3) is 0.412. The van der Waals surface area contributed by atoms with Gasteiger partial charge < -0.3 is 14.9 Å². The van der Waals surface area contributed by atoms with Gasteiger partial charge >= 0.3 is 0 Å². The molecule has 1 aliphatic heterocycles. The maximum atomic E-state index is 13.2. The Bertz CT molecular complexity index is 638. The molecule has 0 saturated heterocycles. The quantitative estimate of drug-likeness (QED) is 0.871. The number of rotatable bonds is 6. The number of aliphatic hydroxyl groups is 1. The topological polar surface area (TPSA) is 60.9 Å². The fourth-order valence-electron chi connectivity index (χ4n) is 2.79. The van der Waals surface area contributed by atoms with Gasteiger partial charge in [-0.3, -0.25) is 9.59 Å². The van der Waals surface area contributed by atoms with Crippen LogP contribution in [-0.4, -0.2) is 53.8 Å². The number of nitrogens with zero attached hydrogens (tertiary/aromatic N) is 2. The van der Waals surface area contributed by atoms with Crippen molar-refractivity contribution in [2.24, 2.45) is 0 Å². The van der Waals surface area contributed by atoms with Crippen molar-refractivity contribution in [3.05, 3.63) is 47.0 Å². The summed E-state index contributed by atoms with van der Waals surface area (Å²) in [6.45, 7) is 2.49. The minimum Gasteiger partial charge on any atom is -0.503 e. The number of amides is 1. The lowest BCUT2D eigenvalue weighted by atomic mass is 9.96. The van der Waals surface area contributed by atoms with Crippen LogP contribution in [0.5, 0.6) is 0 Å². The maximum absolute atomic E-state index is 13.2. The van der Waals surface area contributed by atoms with Crippen LogP contribution in [0.15, 0.2) is 35.6 Å². The summed E-state index contributed by atoms with van der Waals surface area (Å²) < 4.78 is 13.2. The van der Waals surface area contributed by atoms with E-state index in [1.807, 2.05) is 19.0 Å². The normalized spacial score (nSPS) is 18.2. The third-order valence-electron chi connectivity index (χ3n) is 3.87. The molecule has 0 spiro atoms. The second-order valence-corrected chi connectivity index (χ2v) is 5.93. The maximum Gasteiger partial charge on any atom is 0.290 e. The zero-order valence-corrected chi connectivity index (χ0v) is 13.5. The van der Waals surface area contributed by atoms with Crippen LogP contribution in [0.25, 0.3) is 0 Å². The van der Waals surface area contributed by atoms with E-state index in [9.17, 15) is 19.1 Å². The average Bonchev–Trinajstić information content (AvgIpc) is 2.72. The van der Waals surface area contributed by atoms with Crippen molar-refractivity contribution in [2.45, 2.75) is 19.4 Å². The van der Waals surface area contributed by atoms with E-state index >= 15 is 0 Å². The summed E-state index contributed by atoms with van der Waals surface area (Å²) >= 11 is 0. The highest BCUT2D eigenvalue weighted by molar-refractivity contribution is 6.08. The van der Waals surface area contributed by atoms with Gasteiger partial charge in [0.05, 0.1) is 11.6 Å². The summed E-state index contributed by atoms with van der Waals surface area (Å²) in [5.41, 5.74) is 0.685. The zero-order valence-electron chi connectivity index (χ0n) is 13.5. The Balaban J connectivity index is 2.34. The van der Waals surface area contributed by atoms with Crippen molar-refractivity contribution < 1.29 is 19.1 Å². The van der Waals surface area contributed by atoms with Crippen molar-refractivity contribution in [1.82, 2.24) is 9.80 Å². The molecular weight excluding hydrogens is 299 g/mol. The Labute approximate surface area is 135 Å². The van der Waals surface area contributed by atoms with Gasteiger partial charge in [-0.2, -0.15) is 0 Å². The van der Waals surface area contributed by atoms with Gasteiger partial charge in [0, 0.05) is 6.54 Å². The first-order valence-corrected chi connectivity index (χ1v) is 7.48. The van der Waals surface area contributed by atoms with Crippen LogP contribution in [0.4, 0.5) is 4.39 Å². The molecule has 1 aromatic rings. The summed E-state index contributed by atoms with van der Waals surface area (Å²) in [7, 11) is 3.86. The standard InChI is InChI=1S/C17H21FN2O3/c1-11(21)14-15(12-5-7-13(18)8-6-12)20(17(23)16(14)22)10-4-9-19(2)3/h5-8,15,22H,4,9-10H2,1-3H3. The number of hydrogen-bond donors (Lipinski definition) is 1. The van der Waals surface area contributed by atoms with Crippen LogP contribution in [0.3, 0.4) is 0 Å². The van der Waals surface area contributed by atoms with Gasteiger partial charge in [0.2, 0.25) is 0 Å². The van der Waals surface area contributed by atoms with E-state index in [4.69, 9.17) is 0 Å². The molecule has 0 radical (unpaired) electrons. The van der Waals surface area contributed by atoms with Crippen molar-refractivity contribution in [2.75, 3.05) is 27.2 Å². The van der Waals surface area contributed by atoms with Gasteiger partial charge in [-0.05, 0) is 51.7 Å². The lowest BCUT2D eigenvalue weighted by Gasteiger charge is -2.27. The Hall–Kier alpha value is -2.21. The third kappa shape index (κ3) is 3.59. The molecule has 1 aliphatic rings. The first-order chi connectivity index (χ1) is 10.8. The van der Waals surface area contributed by atoms with E-state index in [2.05, 4.69) is 0 Å². The Morgan fingerprint density at radius 3 is 2.43 bits per heavy atom. The van der Waals surface area contributed by atoms with Crippen molar-refractivity contribution >= 4 is 11.7 Å². The molecular formula is C17H21FN2O3. The van der Waals surface area contributed by atoms with Crippen LogP contribution in [-0.2, 0) is 9.59 Å². The van der Waals surface area contributed by atoms with Crippen LogP contribution < -0.4 is 0 Å². The lowest BCUT2D eigenvalue weighted by Crippen LogP contribution is -2.33. The third-order valence-corrected chi connectivity index (χ3v) is 3.87. The molecule has 1 amide bonds. The van der Waals surface area contributed by atoms with E-state index in [-0.39, 0.29) is 11.4 Å². The molecule has 1 atom stereocenters. The Kier molecular flexibility index (Phi) is 5.15. The molecule has 0 saturated carbocycles. The van der Waals surface area contributed by atoms with Crippen molar-refractivity contribution in [3.8, 4) is 0 Å². The summed E-state index contributed by atoms with van der Waals surface area (Å²) in [5.74, 6) is -1.81. The zero-order chi connectivity index (χ0) is 17.1. The van der Waals surface area contributed by atoms with Gasteiger partial charge in [0.1, 0.15) is 5.82 Å². The molecule has 1 unspecified atom stereocenters. The van der Waals surface area contributed by atoms with E-state index in [1.54, 1.807) is 0 Å². The molecule has 0 fully saturated rings. The molecule has 2 rings (SSSR count). The molecule has 0 aromatic heterocycles. The van der Waals surface area contributed by atoms with Gasteiger partial charge in [0.15, 0.2) is 11.5 Å². The largest absolute Gasteiger partial charge is 0.503 e. The Morgan fingerprint density at radius 2 is 1.91 bits per heavy atom. The van der Waals surface area contributed by atoms with E-state index in [0.29, 0.717) is 18.5 Å². The highest BCUT2D eigenvalue weighted by Gasteiger charge is 2.41. The summed E-state index contributed by atoms with van der Waals surface area (Å²) in [6.07, 6.45) is 0.703. The molecule has 1 aromatic carbocycles. The number of benzene rings is 1. The van der Waals surface area contributed by atoms with E-state index < -0.39 is 23.5 Å². The first kappa shape index (κ1) is 17.1. The van der Waals surface area contributed by atoms with Gasteiger partial charge in [-0.15, -0.1) is 0 Å². The van der Waals surface area contributed by atoms with Gasteiger partial charge in [-0.25, -0.2) is 4.39 Å². The number of ketones is 1. The number of aliphatic hydroxyl groups excluding tert-OH is 1. The van der Waals surface area contributed by atoms with Crippen LogP contribution >= 0.6 is 0 Å². The molecule has 23 heavy (non-hydrogen) atoms. The second-order valence-electron chi connectivity index (χ2n) is 5.93. The minimum absolute atomic E-state index is 0.0754. The highest BCUT2D eigenvalue weighted by Crippen LogP contribution is 2.37. The first-order valence-electron chi connectivity index (χ1n) is 7.48. The highest BCUT2D eigenvalue weighted by atomic mass is 19.1. The second kappa shape index (κ2) is 6.91. The molecule has 1 heterocycles. The monoisotopic (exact) mass is 320 g/mol. The average molecular weight is 320 g/mol. The van der Waals surface area contributed by atoms with Crippen molar-refractivity contribution in [1.29, 1.82) is 0 Å². The minimum atomic E-state index is -0.664. The SMILES string of the molecule is CC(=O)C1=C(O)C(=O)N(CCCN(C)C)C1c1ccc(F)cc1. The number of carbonyl (C=O) groups is 2. The lowest BCUT2D eigenvalue weighted by molar-refractivity contribution is -0.129. The molecule has 0 aliphatic carbocycles. The van der Waals surface area contributed by atoms with Crippen molar-refractivity contribution in [3.63, 3.8) is 0 Å². The van der Waals surface area contributed by atoms with E-state index in [0.717, 1.165) is 6.54 Å². The van der Waals surface area contributed by atoms with Gasteiger partial charge in [0.25, 0.3) is 5.91 Å². The molecule has 124 valence electrons. The number of hydrogen-bond acceptors (Lipinski definition) is 4. The summed E-state index contributed by atoms with van der Waals surface area (Å²) in [6, 6.07) is 4.97. The number of carbonyl (C=O) groups excluding carboxylic acids is 2. The smallest absolute Gasteiger partial charge is 0.290 e. The summed E-state index contributed by atoms with van der Waals surface area (Å²) in [5, 5.41) is 10.1. The molecule has 1 N–H and O–H groups in total. The Morgan fingerprint density at radius 1 is 1.30 bits per heavy atom.